The Hall–Kier alpha value is -1.65. The predicted molar refractivity (Wildman–Crippen MR) is 53.5 cm³/mol. The van der Waals surface area contributed by atoms with E-state index in [4.69, 9.17) is 5.11 Å². The summed E-state index contributed by atoms with van der Waals surface area (Å²) in [6.07, 6.45) is 3.04. The standard InChI is InChI=1S/C10H14N2O3/c1-6(7(2)10(14)15)9(13)8-4-11-12(3)5-8/h4-7H,1-3H3,(H,14,15). The first kappa shape index (κ1) is 11.4. The molecule has 0 aliphatic rings. The number of Topliss-reactive ketones (excluding diaryl/α,β-unsaturated/α-hetero) is 1. The van der Waals surface area contributed by atoms with E-state index in [0.717, 1.165) is 0 Å². The zero-order chi connectivity index (χ0) is 11.6. The van der Waals surface area contributed by atoms with Crippen molar-refractivity contribution in [2.24, 2.45) is 18.9 Å². The summed E-state index contributed by atoms with van der Waals surface area (Å²) in [5.74, 6) is -2.36. The molecule has 0 bridgehead atoms. The van der Waals surface area contributed by atoms with Crippen LogP contribution in [0.2, 0.25) is 0 Å². The fraction of sp³-hybridized carbons (Fsp3) is 0.500. The Morgan fingerprint density at radius 1 is 1.40 bits per heavy atom. The quantitative estimate of drug-likeness (QED) is 0.751. The lowest BCUT2D eigenvalue weighted by molar-refractivity contribution is -0.142. The lowest BCUT2D eigenvalue weighted by Gasteiger charge is -2.13. The van der Waals surface area contributed by atoms with Crippen molar-refractivity contribution >= 4 is 11.8 Å². The van der Waals surface area contributed by atoms with E-state index in [1.807, 2.05) is 0 Å². The minimum atomic E-state index is -0.959. The molecule has 1 N–H and O–H groups in total. The Morgan fingerprint density at radius 2 is 2.00 bits per heavy atom. The summed E-state index contributed by atoms with van der Waals surface area (Å²) in [6.45, 7) is 3.15. The van der Waals surface area contributed by atoms with Crippen LogP contribution in [0.3, 0.4) is 0 Å². The van der Waals surface area contributed by atoms with Crippen LogP contribution in [-0.4, -0.2) is 26.6 Å². The molecular formula is C10H14N2O3. The Bertz CT molecular complexity index is 384. The number of hydrogen-bond acceptors (Lipinski definition) is 3. The highest BCUT2D eigenvalue weighted by Gasteiger charge is 2.27. The van der Waals surface area contributed by atoms with Gasteiger partial charge in [-0.05, 0) is 0 Å². The van der Waals surface area contributed by atoms with Gasteiger partial charge in [0.2, 0.25) is 0 Å². The van der Waals surface area contributed by atoms with E-state index in [1.165, 1.54) is 17.8 Å². The largest absolute Gasteiger partial charge is 0.481 e. The van der Waals surface area contributed by atoms with Crippen LogP contribution in [0.5, 0.6) is 0 Å². The summed E-state index contributed by atoms with van der Waals surface area (Å²) in [4.78, 5) is 22.5. The summed E-state index contributed by atoms with van der Waals surface area (Å²) < 4.78 is 1.52. The van der Waals surface area contributed by atoms with Crippen LogP contribution >= 0.6 is 0 Å². The maximum Gasteiger partial charge on any atom is 0.306 e. The summed E-state index contributed by atoms with van der Waals surface area (Å²) in [5, 5.41) is 12.7. The fourth-order valence-corrected chi connectivity index (χ4v) is 1.25. The van der Waals surface area contributed by atoms with Gasteiger partial charge in [0.1, 0.15) is 0 Å². The van der Waals surface area contributed by atoms with Crippen molar-refractivity contribution in [3.05, 3.63) is 18.0 Å². The molecule has 0 aliphatic carbocycles. The third-order valence-corrected chi connectivity index (χ3v) is 2.54. The first-order chi connectivity index (χ1) is 6.93. The molecule has 1 heterocycles. The zero-order valence-corrected chi connectivity index (χ0v) is 8.97. The highest BCUT2D eigenvalue weighted by molar-refractivity contribution is 5.99. The van der Waals surface area contributed by atoms with Crippen LogP contribution in [0.25, 0.3) is 0 Å². The molecule has 0 saturated carbocycles. The van der Waals surface area contributed by atoms with Crippen molar-refractivity contribution in [1.29, 1.82) is 0 Å². The minimum absolute atomic E-state index is 0.182. The van der Waals surface area contributed by atoms with Gasteiger partial charge in [0, 0.05) is 19.2 Å². The minimum Gasteiger partial charge on any atom is -0.481 e. The molecule has 0 spiro atoms. The second-order valence-electron chi connectivity index (χ2n) is 3.68. The molecule has 0 aromatic carbocycles. The molecule has 2 unspecified atom stereocenters. The number of rotatable bonds is 4. The summed E-state index contributed by atoms with van der Waals surface area (Å²) in [5.41, 5.74) is 0.457. The highest BCUT2D eigenvalue weighted by atomic mass is 16.4. The average Bonchev–Trinajstić information content (AvgIpc) is 2.61. The number of carbonyl (C=O) groups is 2. The van der Waals surface area contributed by atoms with Crippen LogP contribution in [0.1, 0.15) is 24.2 Å². The first-order valence-corrected chi connectivity index (χ1v) is 4.69. The Kier molecular flexibility index (Phi) is 3.24. The second kappa shape index (κ2) is 4.25. The Labute approximate surface area is 87.7 Å². The maximum absolute atomic E-state index is 11.8. The van der Waals surface area contributed by atoms with Gasteiger partial charge in [0.25, 0.3) is 0 Å². The third-order valence-electron chi connectivity index (χ3n) is 2.54. The molecule has 0 radical (unpaired) electrons. The molecule has 0 fully saturated rings. The molecular weight excluding hydrogens is 196 g/mol. The van der Waals surface area contributed by atoms with Crippen molar-refractivity contribution in [3.63, 3.8) is 0 Å². The fourth-order valence-electron chi connectivity index (χ4n) is 1.25. The summed E-state index contributed by atoms with van der Waals surface area (Å²) >= 11 is 0. The third kappa shape index (κ3) is 2.43. The Balaban J connectivity index is 2.81. The van der Waals surface area contributed by atoms with Crippen molar-refractivity contribution in [3.8, 4) is 0 Å². The molecule has 82 valence electrons. The van der Waals surface area contributed by atoms with Crippen molar-refractivity contribution in [2.75, 3.05) is 0 Å². The van der Waals surface area contributed by atoms with E-state index in [1.54, 1.807) is 20.2 Å². The summed E-state index contributed by atoms with van der Waals surface area (Å²) in [6, 6.07) is 0. The van der Waals surface area contributed by atoms with E-state index < -0.39 is 17.8 Å². The van der Waals surface area contributed by atoms with Crippen LogP contribution < -0.4 is 0 Å². The van der Waals surface area contributed by atoms with Gasteiger partial charge >= 0.3 is 5.97 Å². The van der Waals surface area contributed by atoms with E-state index in [2.05, 4.69) is 5.10 Å². The molecule has 15 heavy (non-hydrogen) atoms. The Morgan fingerprint density at radius 3 is 2.40 bits per heavy atom. The molecule has 1 aromatic heterocycles. The van der Waals surface area contributed by atoms with Gasteiger partial charge in [0.15, 0.2) is 5.78 Å². The number of ketones is 1. The average molecular weight is 210 g/mol. The van der Waals surface area contributed by atoms with Gasteiger partial charge in [-0.1, -0.05) is 13.8 Å². The molecule has 0 amide bonds. The van der Waals surface area contributed by atoms with Gasteiger partial charge in [-0.15, -0.1) is 0 Å². The number of carboxylic acid groups (broad SMARTS) is 1. The SMILES string of the molecule is CC(C(=O)O)C(C)C(=O)c1cnn(C)c1. The molecule has 0 saturated heterocycles. The monoisotopic (exact) mass is 210 g/mol. The molecule has 1 aromatic rings. The lowest BCUT2D eigenvalue weighted by Crippen LogP contribution is -2.25. The summed E-state index contributed by atoms with van der Waals surface area (Å²) in [7, 11) is 1.71. The zero-order valence-electron chi connectivity index (χ0n) is 8.97. The molecule has 5 heteroatoms. The number of aliphatic carboxylic acids is 1. The second-order valence-corrected chi connectivity index (χ2v) is 3.68. The number of aryl methyl sites for hydroxylation is 1. The number of aromatic nitrogens is 2. The van der Waals surface area contributed by atoms with Gasteiger partial charge in [-0.3, -0.25) is 14.3 Å². The number of carbonyl (C=O) groups excluding carboxylic acids is 1. The van der Waals surface area contributed by atoms with Gasteiger partial charge in [-0.25, -0.2) is 0 Å². The topological polar surface area (TPSA) is 72.2 Å². The van der Waals surface area contributed by atoms with Gasteiger partial charge < -0.3 is 5.11 Å². The van der Waals surface area contributed by atoms with E-state index in [9.17, 15) is 9.59 Å². The lowest BCUT2D eigenvalue weighted by atomic mass is 9.89. The van der Waals surface area contributed by atoms with Crippen molar-refractivity contribution in [2.45, 2.75) is 13.8 Å². The smallest absolute Gasteiger partial charge is 0.306 e. The highest BCUT2D eigenvalue weighted by Crippen LogP contribution is 2.16. The van der Waals surface area contributed by atoms with Gasteiger partial charge in [-0.2, -0.15) is 5.10 Å². The van der Waals surface area contributed by atoms with Crippen molar-refractivity contribution < 1.29 is 14.7 Å². The molecule has 1 rings (SSSR count). The number of carboxylic acids is 1. The van der Waals surface area contributed by atoms with Crippen LogP contribution in [-0.2, 0) is 11.8 Å². The van der Waals surface area contributed by atoms with E-state index >= 15 is 0 Å². The van der Waals surface area contributed by atoms with Crippen LogP contribution in [0, 0.1) is 11.8 Å². The number of nitrogens with zero attached hydrogens (tertiary/aromatic N) is 2. The number of hydrogen-bond donors (Lipinski definition) is 1. The van der Waals surface area contributed by atoms with Crippen molar-refractivity contribution in [1.82, 2.24) is 9.78 Å². The van der Waals surface area contributed by atoms with Crippen LogP contribution in [0.15, 0.2) is 12.4 Å². The molecule has 5 nitrogen and oxygen atoms in total. The normalized spacial score (nSPS) is 14.6. The molecule has 2 atom stereocenters. The van der Waals surface area contributed by atoms with Gasteiger partial charge in [0.05, 0.1) is 17.7 Å². The first-order valence-electron chi connectivity index (χ1n) is 4.69. The maximum atomic E-state index is 11.8. The molecule has 0 aliphatic heterocycles. The predicted octanol–water partition coefficient (Wildman–Crippen LogP) is 0.960. The van der Waals surface area contributed by atoms with Crippen LogP contribution in [0.4, 0.5) is 0 Å². The van der Waals surface area contributed by atoms with E-state index in [-0.39, 0.29) is 5.78 Å². The van der Waals surface area contributed by atoms with E-state index in [0.29, 0.717) is 5.56 Å².